The summed E-state index contributed by atoms with van der Waals surface area (Å²) in [5.74, 6) is 0.646. The third-order valence-electron chi connectivity index (χ3n) is 3.30. The molecule has 0 amide bonds. The van der Waals surface area contributed by atoms with Crippen molar-refractivity contribution in [1.29, 1.82) is 0 Å². The minimum atomic E-state index is 0.297. The van der Waals surface area contributed by atoms with Gasteiger partial charge in [-0.05, 0) is 48.1 Å². The monoisotopic (exact) mass is 404 g/mol. The summed E-state index contributed by atoms with van der Waals surface area (Å²) in [6, 6.07) is 14.9. The lowest BCUT2D eigenvalue weighted by molar-refractivity contribution is 0.441. The number of ether oxygens (including phenoxy) is 1. The molecule has 26 heavy (non-hydrogen) atoms. The van der Waals surface area contributed by atoms with Crippen LogP contribution in [-0.4, -0.2) is 15.1 Å². The fourth-order valence-corrected chi connectivity index (χ4v) is 2.64. The molecule has 2 aromatic carbocycles. The molecule has 0 saturated carbocycles. The first kappa shape index (κ1) is 18.4. The molecular weight excluding hydrogens is 391 g/mol. The zero-order valence-electron chi connectivity index (χ0n) is 13.4. The first-order chi connectivity index (χ1) is 12.6. The summed E-state index contributed by atoms with van der Waals surface area (Å²) in [7, 11) is 0. The molecule has 0 aliphatic carbocycles. The van der Waals surface area contributed by atoms with Crippen molar-refractivity contribution in [3.63, 3.8) is 0 Å². The quantitative estimate of drug-likeness (QED) is 0.579. The van der Waals surface area contributed by atoms with Gasteiger partial charge in [0.2, 0.25) is 0 Å². The van der Waals surface area contributed by atoms with Gasteiger partial charge < -0.3 is 15.4 Å². The van der Waals surface area contributed by atoms with Crippen LogP contribution in [0.4, 0.5) is 5.69 Å². The van der Waals surface area contributed by atoms with E-state index in [1.807, 2.05) is 24.3 Å². The molecule has 0 unspecified atom stereocenters. The number of nitrogens with zero attached hydrogens (tertiary/aromatic N) is 2. The number of benzene rings is 2. The lowest BCUT2D eigenvalue weighted by Crippen LogP contribution is -2.28. The van der Waals surface area contributed by atoms with Crippen LogP contribution >= 0.6 is 35.4 Å². The van der Waals surface area contributed by atoms with Gasteiger partial charge >= 0.3 is 6.01 Å². The van der Waals surface area contributed by atoms with E-state index >= 15 is 0 Å². The number of hydrogen-bond acceptors (Lipinski definition) is 4. The van der Waals surface area contributed by atoms with Gasteiger partial charge in [-0.15, -0.1) is 0 Å². The van der Waals surface area contributed by atoms with Crippen molar-refractivity contribution >= 4 is 46.2 Å². The maximum atomic E-state index is 6.14. The maximum Gasteiger partial charge on any atom is 0.321 e. The number of hydrogen-bond donors (Lipinski definition) is 2. The largest absolute Gasteiger partial charge is 0.424 e. The molecule has 2 N–H and O–H groups in total. The lowest BCUT2D eigenvalue weighted by Gasteiger charge is -2.13. The predicted octanol–water partition coefficient (Wildman–Crippen LogP) is 5.06. The van der Waals surface area contributed by atoms with Gasteiger partial charge in [0.1, 0.15) is 5.75 Å². The Morgan fingerprint density at radius 1 is 1.04 bits per heavy atom. The summed E-state index contributed by atoms with van der Waals surface area (Å²) < 4.78 is 5.62. The lowest BCUT2D eigenvalue weighted by atomic mass is 10.2. The number of nitrogens with one attached hydrogen (secondary N) is 2. The van der Waals surface area contributed by atoms with Crippen LogP contribution in [-0.2, 0) is 6.54 Å². The summed E-state index contributed by atoms with van der Waals surface area (Å²) in [4.78, 5) is 8.07. The Balaban J connectivity index is 1.58. The van der Waals surface area contributed by atoms with Gasteiger partial charge in [-0.25, -0.2) is 9.97 Å². The SMILES string of the molecule is S=C(NCc1cccc(Oc2ncccn2)c1)Nc1cccc(Cl)c1Cl. The Kier molecular flexibility index (Phi) is 6.22. The van der Waals surface area contributed by atoms with E-state index in [0.717, 1.165) is 5.56 Å². The molecule has 0 fully saturated rings. The normalized spacial score (nSPS) is 10.2. The molecule has 3 rings (SSSR count). The van der Waals surface area contributed by atoms with Crippen molar-refractivity contribution in [3.8, 4) is 11.8 Å². The van der Waals surface area contributed by atoms with E-state index in [2.05, 4.69) is 20.6 Å². The van der Waals surface area contributed by atoms with E-state index in [4.69, 9.17) is 40.2 Å². The van der Waals surface area contributed by atoms with Crippen LogP contribution in [0.2, 0.25) is 10.0 Å². The molecular formula is C18H14Cl2N4OS. The van der Waals surface area contributed by atoms with Crippen LogP contribution < -0.4 is 15.4 Å². The van der Waals surface area contributed by atoms with Crippen LogP contribution in [0.25, 0.3) is 0 Å². The first-order valence-electron chi connectivity index (χ1n) is 7.64. The number of halogens is 2. The molecule has 132 valence electrons. The Hall–Kier alpha value is -2.41. The molecule has 0 atom stereocenters. The van der Waals surface area contributed by atoms with Crippen molar-refractivity contribution in [2.75, 3.05) is 5.32 Å². The van der Waals surface area contributed by atoms with Crippen molar-refractivity contribution < 1.29 is 4.74 Å². The Morgan fingerprint density at radius 2 is 1.81 bits per heavy atom. The summed E-state index contributed by atoms with van der Waals surface area (Å²) in [6.07, 6.45) is 3.25. The van der Waals surface area contributed by atoms with E-state index in [1.165, 1.54) is 0 Å². The van der Waals surface area contributed by atoms with E-state index in [9.17, 15) is 0 Å². The summed E-state index contributed by atoms with van der Waals surface area (Å²) >= 11 is 17.4. The highest BCUT2D eigenvalue weighted by Gasteiger charge is 2.06. The molecule has 0 spiro atoms. The van der Waals surface area contributed by atoms with Crippen molar-refractivity contribution in [3.05, 3.63) is 76.5 Å². The maximum absolute atomic E-state index is 6.14. The van der Waals surface area contributed by atoms with Gasteiger partial charge in [-0.3, -0.25) is 0 Å². The molecule has 8 heteroatoms. The summed E-state index contributed by atoms with van der Waals surface area (Å²) in [5.41, 5.74) is 1.63. The van der Waals surface area contributed by atoms with E-state index in [1.54, 1.807) is 36.7 Å². The van der Waals surface area contributed by atoms with Crippen LogP contribution in [0.1, 0.15) is 5.56 Å². The molecule has 0 aliphatic heterocycles. The molecule has 0 aliphatic rings. The highest BCUT2D eigenvalue weighted by Crippen LogP contribution is 2.29. The van der Waals surface area contributed by atoms with Gasteiger partial charge in [-0.1, -0.05) is 41.4 Å². The molecule has 0 bridgehead atoms. The van der Waals surface area contributed by atoms with Crippen molar-refractivity contribution in [2.24, 2.45) is 0 Å². The molecule has 1 heterocycles. The standard InChI is InChI=1S/C18H14Cl2N4OS/c19-14-6-2-7-15(16(14)20)24-18(26)23-11-12-4-1-5-13(10-12)25-17-21-8-3-9-22-17/h1-10H,11H2,(H2,23,24,26). The highest BCUT2D eigenvalue weighted by molar-refractivity contribution is 7.80. The highest BCUT2D eigenvalue weighted by atomic mass is 35.5. The van der Waals surface area contributed by atoms with Crippen molar-refractivity contribution in [1.82, 2.24) is 15.3 Å². The van der Waals surface area contributed by atoms with Gasteiger partial charge in [0.15, 0.2) is 5.11 Å². The number of rotatable bonds is 5. The summed E-state index contributed by atoms with van der Waals surface area (Å²) in [6.45, 7) is 0.511. The minimum absolute atomic E-state index is 0.297. The number of anilines is 1. The van der Waals surface area contributed by atoms with Crippen LogP contribution in [0, 0.1) is 0 Å². The van der Waals surface area contributed by atoms with Gasteiger partial charge in [0.05, 0.1) is 15.7 Å². The fraction of sp³-hybridized carbons (Fsp3) is 0.0556. The topological polar surface area (TPSA) is 59.1 Å². The second kappa shape index (κ2) is 8.80. The first-order valence-corrected chi connectivity index (χ1v) is 8.81. The van der Waals surface area contributed by atoms with Crippen LogP contribution in [0.3, 0.4) is 0 Å². The Morgan fingerprint density at radius 3 is 2.62 bits per heavy atom. The summed E-state index contributed by atoms with van der Waals surface area (Å²) in [5, 5.41) is 7.47. The Bertz CT molecular complexity index is 909. The average molecular weight is 405 g/mol. The Labute approximate surface area is 166 Å². The van der Waals surface area contributed by atoms with Gasteiger partial charge in [0.25, 0.3) is 0 Å². The van der Waals surface area contributed by atoms with Gasteiger partial charge in [-0.2, -0.15) is 0 Å². The fourth-order valence-electron chi connectivity index (χ4n) is 2.11. The zero-order valence-corrected chi connectivity index (χ0v) is 15.8. The third-order valence-corrected chi connectivity index (χ3v) is 4.37. The average Bonchev–Trinajstić information content (AvgIpc) is 2.65. The predicted molar refractivity (Wildman–Crippen MR) is 108 cm³/mol. The molecule has 1 aromatic heterocycles. The van der Waals surface area contributed by atoms with E-state index in [0.29, 0.717) is 39.1 Å². The number of thiocarbonyl (C=S) groups is 1. The van der Waals surface area contributed by atoms with Crippen LogP contribution in [0.5, 0.6) is 11.8 Å². The van der Waals surface area contributed by atoms with E-state index < -0.39 is 0 Å². The van der Waals surface area contributed by atoms with Crippen LogP contribution in [0.15, 0.2) is 60.9 Å². The molecule has 0 radical (unpaired) electrons. The smallest absolute Gasteiger partial charge is 0.321 e. The molecule has 3 aromatic rings. The minimum Gasteiger partial charge on any atom is -0.424 e. The molecule has 5 nitrogen and oxygen atoms in total. The number of aromatic nitrogens is 2. The van der Waals surface area contributed by atoms with E-state index in [-0.39, 0.29) is 0 Å². The third kappa shape index (κ3) is 5.05. The second-order valence-corrected chi connectivity index (χ2v) is 6.38. The van der Waals surface area contributed by atoms with Gasteiger partial charge in [0, 0.05) is 18.9 Å². The molecule has 0 saturated heterocycles. The zero-order chi connectivity index (χ0) is 18.4. The van der Waals surface area contributed by atoms with Crippen molar-refractivity contribution in [2.45, 2.75) is 6.54 Å². The second-order valence-electron chi connectivity index (χ2n) is 5.19.